The molecule has 2 nitrogen and oxygen atoms in total. The Labute approximate surface area is 105 Å². The number of aryl methyl sites for hydroxylation is 1. The predicted molar refractivity (Wildman–Crippen MR) is 71.7 cm³/mol. The fourth-order valence-electron chi connectivity index (χ4n) is 1.95. The van der Waals surface area contributed by atoms with Crippen LogP contribution in [0.3, 0.4) is 0 Å². The zero-order chi connectivity index (χ0) is 12.7. The molecule has 2 heteroatoms. The fraction of sp³-hybridized carbons (Fsp3) is 0.533. The molecule has 1 aromatic carbocycles. The zero-order valence-electron chi connectivity index (χ0n) is 11.1. The molecule has 0 saturated carbocycles. The van der Waals surface area contributed by atoms with Gasteiger partial charge in [0.25, 0.3) is 0 Å². The van der Waals surface area contributed by atoms with E-state index in [0.717, 1.165) is 24.6 Å². The Kier molecular flexibility index (Phi) is 5.72. The SMILES string of the molecule is CCC(CC)CNCc1ccc(C#N)cc1C. The molecule has 1 aromatic rings. The molecule has 0 spiro atoms. The van der Waals surface area contributed by atoms with E-state index in [9.17, 15) is 0 Å². The van der Waals surface area contributed by atoms with Crippen LogP contribution >= 0.6 is 0 Å². The molecular formula is C15H22N2. The highest BCUT2D eigenvalue weighted by atomic mass is 14.9. The average molecular weight is 230 g/mol. The van der Waals surface area contributed by atoms with Crippen LogP contribution in [0.2, 0.25) is 0 Å². The molecule has 0 aromatic heterocycles. The Hall–Kier alpha value is -1.33. The van der Waals surface area contributed by atoms with Gasteiger partial charge in [0, 0.05) is 6.54 Å². The lowest BCUT2D eigenvalue weighted by Crippen LogP contribution is -2.22. The van der Waals surface area contributed by atoms with Crippen LogP contribution in [0.15, 0.2) is 18.2 Å². The summed E-state index contributed by atoms with van der Waals surface area (Å²) in [5.74, 6) is 0.772. The van der Waals surface area contributed by atoms with E-state index in [1.807, 2.05) is 18.2 Å². The van der Waals surface area contributed by atoms with Crippen LogP contribution in [0.1, 0.15) is 43.4 Å². The summed E-state index contributed by atoms with van der Waals surface area (Å²) in [6.07, 6.45) is 2.46. The van der Waals surface area contributed by atoms with Gasteiger partial charge >= 0.3 is 0 Å². The van der Waals surface area contributed by atoms with Gasteiger partial charge in [-0.15, -0.1) is 0 Å². The first-order valence-corrected chi connectivity index (χ1v) is 6.41. The van der Waals surface area contributed by atoms with Gasteiger partial charge in [0.15, 0.2) is 0 Å². The molecule has 92 valence electrons. The van der Waals surface area contributed by atoms with Crippen LogP contribution in [0.5, 0.6) is 0 Å². The fourth-order valence-corrected chi connectivity index (χ4v) is 1.95. The Morgan fingerprint density at radius 2 is 2.00 bits per heavy atom. The molecule has 17 heavy (non-hydrogen) atoms. The Bertz CT molecular complexity index is 386. The van der Waals surface area contributed by atoms with E-state index >= 15 is 0 Å². The molecule has 0 atom stereocenters. The number of nitriles is 1. The number of hydrogen-bond donors (Lipinski definition) is 1. The van der Waals surface area contributed by atoms with E-state index in [2.05, 4.69) is 32.2 Å². The molecule has 0 unspecified atom stereocenters. The Morgan fingerprint density at radius 1 is 1.29 bits per heavy atom. The summed E-state index contributed by atoms with van der Waals surface area (Å²) < 4.78 is 0. The van der Waals surface area contributed by atoms with Gasteiger partial charge in [-0.3, -0.25) is 0 Å². The van der Waals surface area contributed by atoms with Crippen molar-refractivity contribution in [2.24, 2.45) is 5.92 Å². The van der Waals surface area contributed by atoms with Gasteiger partial charge in [0.05, 0.1) is 11.6 Å². The minimum Gasteiger partial charge on any atom is -0.312 e. The van der Waals surface area contributed by atoms with Crippen LogP contribution in [0, 0.1) is 24.2 Å². The van der Waals surface area contributed by atoms with E-state index in [4.69, 9.17) is 5.26 Å². The van der Waals surface area contributed by atoms with E-state index in [0.29, 0.717) is 0 Å². The third kappa shape index (κ3) is 4.20. The van der Waals surface area contributed by atoms with Gasteiger partial charge in [0.1, 0.15) is 0 Å². The smallest absolute Gasteiger partial charge is 0.0991 e. The van der Waals surface area contributed by atoms with Crippen LogP contribution < -0.4 is 5.32 Å². The molecule has 0 saturated heterocycles. The first-order chi connectivity index (χ1) is 8.21. The molecule has 0 bridgehead atoms. The molecule has 0 aliphatic carbocycles. The molecule has 0 aliphatic heterocycles. The van der Waals surface area contributed by atoms with Crippen molar-refractivity contribution in [1.29, 1.82) is 5.26 Å². The highest BCUT2D eigenvalue weighted by molar-refractivity contribution is 5.37. The summed E-state index contributed by atoms with van der Waals surface area (Å²) in [6, 6.07) is 8.06. The number of hydrogen-bond acceptors (Lipinski definition) is 2. The van der Waals surface area contributed by atoms with Gasteiger partial charge in [-0.25, -0.2) is 0 Å². The van der Waals surface area contributed by atoms with E-state index in [1.165, 1.54) is 24.0 Å². The van der Waals surface area contributed by atoms with E-state index in [-0.39, 0.29) is 0 Å². The molecule has 0 fully saturated rings. The van der Waals surface area contributed by atoms with Crippen molar-refractivity contribution < 1.29 is 0 Å². The maximum atomic E-state index is 8.80. The summed E-state index contributed by atoms with van der Waals surface area (Å²) in [4.78, 5) is 0. The van der Waals surface area contributed by atoms with Gasteiger partial charge in [-0.05, 0) is 42.6 Å². The lowest BCUT2D eigenvalue weighted by atomic mass is 10.0. The first kappa shape index (κ1) is 13.7. The number of benzene rings is 1. The van der Waals surface area contributed by atoms with Crippen molar-refractivity contribution in [3.63, 3.8) is 0 Å². The standard InChI is InChI=1S/C15H22N2/c1-4-13(5-2)10-17-11-15-7-6-14(9-16)8-12(15)3/h6-8,13,17H,4-5,10-11H2,1-3H3. The quantitative estimate of drug-likeness (QED) is 0.813. The molecule has 1 N–H and O–H groups in total. The van der Waals surface area contributed by atoms with Crippen LogP contribution in [-0.2, 0) is 6.54 Å². The summed E-state index contributed by atoms with van der Waals surface area (Å²) in [6.45, 7) is 8.51. The lowest BCUT2D eigenvalue weighted by Gasteiger charge is -2.14. The second-order valence-electron chi connectivity index (χ2n) is 4.57. The maximum absolute atomic E-state index is 8.80. The normalized spacial score (nSPS) is 10.5. The van der Waals surface area contributed by atoms with Crippen molar-refractivity contribution in [1.82, 2.24) is 5.32 Å². The highest BCUT2D eigenvalue weighted by Gasteiger charge is 2.04. The molecule has 0 aliphatic rings. The van der Waals surface area contributed by atoms with Crippen molar-refractivity contribution in [3.8, 4) is 6.07 Å². The first-order valence-electron chi connectivity index (χ1n) is 6.41. The van der Waals surface area contributed by atoms with E-state index < -0.39 is 0 Å². The van der Waals surface area contributed by atoms with Crippen molar-refractivity contribution in [2.75, 3.05) is 6.54 Å². The number of rotatable bonds is 6. The molecule has 0 heterocycles. The molecular weight excluding hydrogens is 208 g/mol. The minimum absolute atomic E-state index is 0.742. The van der Waals surface area contributed by atoms with Gasteiger partial charge in [0.2, 0.25) is 0 Å². The topological polar surface area (TPSA) is 35.8 Å². The lowest BCUT2D eigenvalue weighted by molar-refractivity contribution is 0.449. The van der Waals surface area contributed by atoms with Crippen LogP contribution in [0.25, 0.3) is 0 Å². The minimum atomic E-state index is 0.742. The van der Waals surface area contributed by atoms with Crippen molar-refractivity contribution in [3.05, 3.63) is 34.9 Å². The summed E-state index contributed by atoms with van der Waals surface area (Å²) in [7, 11) is 0. The predicted octanol–water partition coefficient (Wildman–Crippen LogP) is 3.39. The third-order valence-corrected chi connectivity index (χ3v) is 3.37. The van der Waals surface area contributed by atoms with Crippen molar-refractivity contribution >= 4 is 0 Å². The molecule has 0 amide bonds. The highest BCUT2D eigenvalue weighted by Crippen LogP contribution is 2.11. The van der Waals surface area contributed by atoms with Crippen LogP contribution in [0.4, 0.5) is 0 Å². The third-order valence-electron chi connectivity index (χ3n) is 3.37. The zero-order valence-corrected chi connectivity index (χ0v) is 11.1. The van der Waals surface area contributed by atoms with Crippen molar-refractivity contribution in [2.45, 2.75) is 40.2 Å². The molecule has 0 radical (unpaired) electrons. The summed E-state index contributed by atoms with van der Waals surface area (Å²) in [5, 5.41) is 12.3. The van der Waals surface area contributed by atoms with Gasteiger partial charge < -0.3 is 5.32 Å². The van der Waals surface area contributed by atoms with Crippen LogP contribution in [-0.4, -0.2) is 6.54 Å². The Balaban J connectivity index is 2.50. The average Bonchev–Trinajstić information content (AvgIpc) is 2.36. The summed E-state index contributed by atoms with van der Waals surface area (Å²) in [5.41, 5.74) is 3.22. The Morgan fingerprint density at radius 3 is 2.53 bits per heavy atom. The second-order valence-corrected chi connectivity index (χ2v) is 4.57. The number of nitrogens with zero attached hydrogens (tertiary/aromatic N) is 1. The van der Waals surface area contributed by atoms with Gasteiger partial charge in [-0.2, -0.15) is 5.26 Å². The number of nitrogens with one attached hydrogen (secondary N) is 1. The van der Waals surface area contributed by atoms with E-state index in [1.54, 1.807) is 0 Å². The second kappa shape index (κ2) is 7.09. The summed E-state index contributed by atoms with van der Waals surface area (Å²) >= 11 is 0. The largest absolute Gasteiger partial charge is 0.312 e. The monoisotopic (exact) mass is 230 g/mol. The van der Waals surface area contributed by atoms with Gasteiger partial charge in [-0.1, -0.05) is 32.8 Å². The molecule has 1 rings (SSSR count). The maximum Gasteiger partial charge on any atom is 0.0991 e.